The molecule has 19 heavy (non-hydrogen) atoms. The van der Waals surface area contributed by atoms with Gasteiger partial charge in [0, 0.05) is 12.6 Å². The minimum Gasteiger partial charge on any atom is -0.508 e. The summed E-state index contributed by atoms with van der Waals surface area (Å²) in [5, 5.41) is 10.0. The van der Waals surface area contributed by atoms with Crippen LogP contribution >= 0.6 is 22.6 Å². The highest BCUT2D eigenvalue weighted by Crippen LogP contribution is 2.38. The Morgan fingerprint density at radius 3 is 3.11 bits per heavy atom. The number of likely N-dealkylation sites (tertiary alicyclic amines) is 1. The number of fused-ring (bicyclic) bond motifs is 2. The molecule has 0 spiro atoms. The van der Waals surface area contributed by atoms with E-state index in [2.05, 4.69) is 43.7 Å². The zero-order valence-electron chi connectivity index (χ0n) is 11.1. The summed E-state index contributed by atoms with van der Waals surface area (Å²) in [5.74, 6) is 1.22. The molecule has 1 aromatic carbocycles. The number of nitrogens with zero attached hydrogens (tertiary/aromatic N) is 1. The maximum atomic E-state index is 10.0. The third-order valence-corrected chi connectivity index (χ3v) is 5.11. The summed E-state index contributed by atoms with van der Waals surface area (Å²) >= 11 is 2.30. The molecule has 0 saturated carbocycles. The Morgan fingerprint density at radius 2 is 2.26 bits per heavy atom. The van der Waals surface area contributed by atoms with Crippen LogP contribution < -0.4 is 0 Å². The highest BCUT2D eigenvalue weighted by Gasteiger charge is 2.35. The molecule has 2 nitrogen and oxygen atoms in total. The van der Waals surface area contributed by atoms with Crippen LogP contribution in [-0.4, -0.2) is 29.1 Å². The Kier molecular flexibility index (Phi) is 4.12. The SMILES string of the molecule is Oc1cccc2c1C[C@@H]1CCCN(C/C=C/I)[C@H]1C2. The second-order valence-electron chi connectivity index (χ2n) is 5.65. The van der Waals surface area contributed by atoms with Gasteiger partial charge in [0.15, 0.2) is 0 Å². The lowest BCUT2D eigenvalue weighted by Crippen LogP contribution is -2.49. The standard InChI is InChI=1S/C16H20INO/c17-7-3-9-18-8-2-5-13-10-14-12(11-15(13)18)4-1-6-16(14)19/h1,3-4,6-7,13,15,19H,2,5,8-11H2/b7-3+/t13-,15-/m0/s1. The lowest BCUT2D eigenvalue weighted by Gasteiger charge is -2.44. The van der Waals surface area contributed by atoms with Gasteiger partial charge in [-0.15, -0.1) is 0 Å². The van der Waals surface area contributed by atoms with Crippen LogP contribution in [0, 0.1) is 5.92 Å². The molecule has 1 saturated heterocycles. The monoisotopic (exact) mass is 369 g/mol. The molecule has 0 bridgehead atoms. The summed E-state index contributed by atoms with van der Waals surface area (Å²) in [6.45, 7) is 2.29. The maximum absolute atomic E-state index is 10.0. The Morgan fingerprint density at radius 1 is 1.37 bits per heavy atom. The van der Waals surface area contributed by atoms with E-state index in [0.29, 0.717) is 11.8 Å². The number of aromatic hydroxyl groups is 1. The summed E-state index contributed by atoms with van der Waals surface area (Å²) in [7, 11) is 0. The Balaban J connectivity index is 1.85. The van der Waals surface area contributed by atoms with E-state index in [4.69, 9.17) is 0 Å². The molecule has 0 amide bonds. The van der Waals surface area contributed by atoms with Gasteiger partial charge >= 0.3 is 0 Å². The molecule has 0 radical (unpaired) electrons. The first kappa shape index (κ1) is 13.4. The number of hydrogen-bond donors (Lipinski definition) is 1. The molecule has 1 N–H and O–H groups in total. The predicted octanol–water partition coefficient (Wildman–Crippen LogP) is 3.52. The summed E-state index contributed by atoms with van der Waals surface area (Å²) in [4.78, 5) is 2.62. The van der Waals surface area contributed by atoms with Crippen molar-refractivity contribution in [3.05, 3.63) is 39.5 Å². The van der Waals surface area contributed by atoms with E-state index in [9.17, 15) is 5.11 Å². The van der Waals surface area contributed by atoms with Gasteiger partial charge in [0.2, 0.25) is 0 Å². The molecule has 102 valence electrons. The highest BCUT2D eigenvalue weighted by atomic mass is 127. The average Bonchev–Trinajstić information content (AvgIpc) is 2.44. The van der Waals surface area contributed by atoms with Crippen LogP contribution in [0.15, 0.2) is 28.4 Å². The second-order valence-corrected chi connectivity index (χ2v) is 6.37. The number of piperidine rings is 1. The predicted molar refractivity (Wildman–Crippen MR) is 86.8 cm³/mol. The minimum absolute atomic E-state index is 0.500. The Bertz CT molecular complexity index is 486. The lowest BCUT2D eigenvalue weighted by molar-refractivity contribution is 0.0966. The van der Waals surface area contributed by atoms with E-state index >= 15 is 0 Å². The molecular formula is C16H20INO. The van der Waals surface area contributed by atoms with Crippen molar-refractivity contribution < 1.29 is 5.11 Å². The van der Waals surface area contributed by atoms with Crippen molar-refractivity contribution in [2.45, 2.75) is 31.7 Å². The molecular weight excluding hydrogens is 349 g/mol. The zero-order chi connectivity index (χ0) is 13.2. The van der Waals surface area contributed by atoms with E-state index < -0.39 is 0 Å². The fourth-order valence-corrected chi connectivity index (χ4v) is 3.91. The summed E-state index contributed by atoms with van der Waals surface area (Å²) < 4.78 is 2.12. The van der Waals surface area contributed by atoms with Gasteiger partial charge < -0.3 is 5.11 Å². The first-order valence-corrected chi connectivity index (χ1v) is 8.33. The average molecular weight is 369 g/mol. The van der Waals surface area contributed by atoms with Crippen molar-refractivity contribution in [3.63, 3.8) is 0 Å². The van der Waals surface area contributed by atoms with Gasteiger partial charge in [-0.05, 0) is 59.4 Å². The topological polar surface area (TPSA) is 23.5 Å². The van der Waals surface area contributed by atoms with Gasteiger partial charge in [0.1, 0.15) is 5.75 Å². The van der Waals surface area contributed by atoms with Crippen molar-refractivity contribution in [1.29, 1.82) is 0 Å². The zero-order valence-corrected chi connectivity index (χ0v) is 13.2. The van der Waals surface area contributed by atoms with Crippen LogP contribution in [0.5, 0.6) is 5.75 Å². The quantitative estimate of drug-likeness (QED) is 0.807. The van der Waals surface area contributed by atoms with Crippen molar-refractivity contribution in [2.75, 3.05) is 13.1 Å². The van der Waals surface area contributed by atoms with Gasteiger partial charge in [-0.1, -0.05) is 40.8 Å². The largest absolute Gasteiger partial charge is 0.508 e. The molecule has 0 unspecified atom stereocenters. The Labute approximate surface area is 128 Å². The second kappa shape index (κ2) is 5.83. The number of phenols is 1. The molecule has 3 rings (SSSR count). The van der Waals surface area contributed by atoms with E-state index in [0.717, 1.165) is 25.3 Å². The van der Waals surface area contributed by atoms with Crippen molar-refractivity contribution in [1.82, 2.24) is 4.90 Å². The molecule has 0 aromatic heterocycles. The van der Waals surface area contributed by atoms with Crippen LogP contribution in [0.25, 0.3) is 0 Å². The van der Waals surface area contributed by atoms with Gasteiger partial charge in [-0.2, -0.15) is 0 Å². The molecule has 1 aliphatic heterocycles. The van der Waals surface area contributed by atoms with E-state index in [-0.39, 0.29) is 0 Å². The molecule has 1 heterocycles. The lowest BCUT2D eigenvalue weighted by atomic mass is 9.75. The molecule has 2 atom stereocenters. The van der Waals surface area contributed by atoms with Gasteiger partial charge in [-0.3, -0.25) is 4.90 Å². The number of rotatable bonds is 2. The highest BCUT2D eigenvalue weighted by molar-refractivity contribution is 14.1. The molecule has 1 aromatic rings. The first-order chi connectivity index (χ1) is 9.29. The van der Waals surface area contributed by atoms with Gasteiger partial charge in [-0.25, -0.2) is 0 Å². The summed E-state index contributed by atoms with van der Waals surface area (Å²) in [5.41, 5.74) is 2.56. The van der Waals surface area contributed by atoms with Crippen molar-refractivity contribution in [3.8, 4) is 5.75 Å². The smallest absolute Gasteiger partial charge is 0.119 e. The molecule has 2 aliphatic rings. The van der Waals surface area contributed by atoms with Crippen LogP contribution in [0.2, 0.25) is 0 Å². The molecule has 1 aliphatic carbocycles. The minimum atomic E-state index is 0.500. The fourth-order valence-electron chi connectivity index (χ4n) is 3.68. The number of phenolic OH excluding ortho intramolecular Hbond substituents is 1. The third-order valence-electron chi connectivity index (χ3n) is 4.61. The van der Waals surface area contributed by atoms with Gasteiger partial charge in [0.25, 0.3) is 0 Å². The van der Waals surface area contributed by atoms with Crippen LogP contribution in [-0.2, 0) is 12.8 Å². The molecule has 3 heteroatoms. The number of halogens is 1. The van der Waals surface area contributed by atoms with E-state index in [1.807, 2.05) is 12.1 Å². The first-order valence-electron chi connectivity index (χ1n) is 7.08. The van der Waals surface area contributed by atoms with Gasteiger partial charge in [0.05, 0.1) is 0 Å². The normalized spacial score (nSPS) is 27.2. The van der Waals surface area contributed by atoms with Crippen molar-refractivity contribution >= 4 is 22.6 Å². The van der Waals surface area contributed by atoms with Crippen LogP contribution in [0.4, 0.5) is 0 Å². The number of benzene rings is 1. The van der Waals surface area contributed by atoms with Crippen molar-refractivity contribution in [2.24, 2.45) is 5.92 Å². The summed E-state index contributed by atoms with van der Waals surface area (Å²) in [6, 6.07) is 6.66. The number of hydrogen-bond acceptors (Lipinski definition) is 2. The van der Waals surface area contributed by atoms with Crippen LogP contribution in [0.3, 0.4) is 0 Å². The third kappa shape index (κ3) is 2.68. The summed E-state index contributed by atoms with van der Waals surface area (Å²) in [6.07, 6.45) is 7.00. The molecule has 1 fully saturated rings. The van der Waals surface area contributed by atoms with E-state index in [1.54, 1.807) is 0 Å². The fraction of sp³-hybridized carbons (Fsp3) is 0.500. The van der Waals surface area contributed by atoms with Crippen LogP contribution in [0.1, 0.15) is 24.0 Å². The maximum Gasteiger partial charge on any atom is 0.119 e. The Hall–Kier alpha value is -0.550. The van der Waals surface area contributed by atoms with E-state index in [1.165, 1.54) is 30.5 Å².